The van der Waals surface area contributed by atoms with E-state index in [-0.39, 0.29) is 11.8 Å². The van der Waals surface area contributed by atoms with E-state index < -0.39 is 0 Å². The third-order valence-electron chi connectivity index (χ3n) is 5.93. The summed E-state index contributed by atoms with van der Waals surface area (Å²) in [4.78, 5) is 34.7. The molecule has 2 N–H and O–H groups in total. The van der Waals surface area contributed by atoms with Gasteiger partial charge < -0.3 is 15.5 Å². The van der Waals surface area contributed by atoms with E-state index in [1.165, 1.54) is 11.3 Å². The van der Waals surface area contributed by atoms with Crippen LogP contribution in [0.15, 0.2) is 52.8 Å². The lowest BCUT2D eigenvalue weighted by Crippen LogP contribution is -2.44. The van der Waals surface area contributed by atoms with Crippen LogP contribution in [-0.4, -0.2) is 55.7 Å². The maximum absolute atomic E-state index is 13.0. The third-order valence-corrected chi connectivity index (χ3v) is 7.03. The number of benzene rings is 1. The fourth-order valence-electron chi connectivity index (χ4n) is 4.28. The molecule has 4 heterocycles. The van der Waals surface area contributed by atoms with Gasteiger partial charge in [-0.15, -0.1) is 11.3 Å². The van der Waals surface area contributed by atoms with Gasteiger partial charge in [-0.05, 0) is 23.3 Å². The predicted molar refractivity (Wildman–Crippen MR) is 123 cm³/mol. The van der Waals surface area contributed by atoms with Crippen molar-refractivity contribution in [3.8, 4) is 0 Å². The minimum absolute atomic E-state index is 0.0654. The van der Waals surface area contributed by atoms with Crippen molar-refractivity contribution in [3.05, 3.63) is 63.8 Å². The van der Waals surface area contributed by atoms with Crippen LogP contribution in [0.5, 0.6) is 0 Å². The lowest BCUT2D eigenvalue weighted by molar-refractivity contribution is -0.118. The molecule has 1 aromatic heterocycles. The molecule has 1 fully saturated rings. The van der Waals surface area contributed by atoms with Crippen molar-refractivity contribution in [1.82, 2.24) is 15.5 Å². The topological polar surface area (TPSA) is 77.0 Å². The second-order valence-corrected chi connectivity index (χ2v) is 8.96. The van der Waals surface area contributed by atoms with E-state index in [0.717, 1.165) is 66.7 Å². The molecule has 0 radical (unpaired) electrons. The van der Waals surface area contributed by atoms with Crippen molar-refractivity contribution in [3.63, 3.8) is 0 Å². The maximum atomic E-state index is 13.0. The molecule has 7 nitrogen and oxygen atoms in total. The van der Waals surface area contributed by atoms with Crippen molar-refractivity contribution in [2.45, 2.75) is 19.4 Å². The molecule has 160 valence electrons. The number of carbonyl (C=O) groups excluding carboxylic acids is 2. The van der Waals surface area contributed by atoms with E-state index in [1.807, 2.05) is 24.3 Å². The highest BCUT2D eigenvalue weighted by molar-refractivity contribution is 7.18. The number of hydrogen-bond acceptors (Lipinski definition) is 6. The monoisotopic (exact) mass is 435 g/mol. The molecule has 5 rings (SSSR count). The second-order valence-electron chi connectivity index (χ2n) is 7.90. The van der Waals surface area contributed by atoms with Crippen molar-refractivity contribution >= 4 is 34.4 Å². The largest absolute Gasteiger partial charge is 0.371 e. The van der Waals surface area contributed by atoms with Crippen LogP contribution < -0.4 is 15.5 Å². The zero-order chi connectivity index (χ0) is 21.2. The summed E-state index contributed by atoms with van der Waals surface area (Å²) in [6, 6.07) is 11.7. The number of anilines is 1. The Balaban J connectivity index is 1.33. The second kappa shape index (κ2) is 8.64. The van der Waals surface area contributed by atoms with E-state index in [1.54, 1.807) is 17.2 Å². The SMILES string of the molecule is O=C(NC1=C(N2CCNCC2)CCN=C1)c1ccc(N2Cc3ccccc3CC2=O)s1. The molecule has 0 saturated carbocycles. The molecule has 1 aromatic carbocycles. The average molecular weight is 436 g/mol. The molecule has 0 bridgehead atoms. The van der Waals surface area contributed by atoms with Gasteiger partial charge in [0.25, 0.3) is 5.91 Å². The van der Waals surface area contributed by atoms with Gasteiger partial charge in [0.2, 0.25) is 5.91 Å². The summed E-state index contributed by atoms with van der Waals surface area (Å²) >= 11 is 1.35. The van der Waals surface area contributed by atoms with Gasteiger partial charge >= 0.3 is 0 Å². The number of nitrogens with one attached hydrogen (secondary N) is 2. The number of amides is 2. The molecule has 0 unspecified atom stereocenters. The molecule has 0 spiro atoms. The highest BCUT2D eigenvalue weighted by atomic mass is 32.1. The Labute approximate surface area is 185 Å². The van der Waals surface area contributed by atoms with Gasteiger partial charge in [0.05, 0.1) is 28.5 Å². The minimum Gasteiger partial charge on any atom is -0.371 e. The Morgan fingerprint density at radius 3 is 2.74 bits per heavy atom. The molecule has 1 saturated heterocycles. The Kier molecular flexibility index (Phi) is 5.57. The van der Waals surface area contributed by atoms with Gasteiger partial charge in [-0.2, -0.15) is 0 Å². The summed E-state index contributed by atoms with van der Waals surface area (Å²) < 4.78 is 0. The van der Waals surface area contributed by atoms with Gasteiger partial charge in [-0.3, -0.25) is 19.5 Å². The van der Waals surface area contributed by atoms with Crippen LogP contribution in [0.2, 0.25) is 0 Å². The van der Waals surface area contributed by atoms with Crippen LogP contribution in [0.4, 0.5) is 5.00 Å². The zero-order valence-electron chi connectivity index (χ0n) is 17.3. The standard InChI is InChI=1S/C23H25N5O2S/c29-21-13-16-3-1-2-4-17(16)15-28(21)22-6-5-20(31-22)23(30)26-18-14-25-8-7-19(18)27-11-9-24-10-12-27/h1-6,14,24H,7-13,15H2,(H,26,30). The molecule has 2 amide bonds. The smallest absolute Gasteiger partial charge is 0.265 e. The fourth-order valence-corrected chi connectivity index (χ4v) is 5.20. The maximum Gasteiger partial charge on any atom is 0.265 e. The number of piperazine rings is 1. The number of hydrogen-bond donors (Lipinski definition) is 2. The first kappa shape index (κ1) is 20.0. The van der Waals surface area contributed by atoms with Crippen LogP contribution in [0.25, 0.3) is 0 Å². The first-order valence-corrected chi connectivity index (χ1v) is 11.5. The van der Waals surface area contributed by atoms with Gasteiger partial charge in [0, 0.05) is 51.1 Å². The number of fused-ring (bicyclic) bond motifs is 1. The van der Waals surface area contributed by atoms with E-state index in [9.17, 15) is 9.59 Å². The fraction of sp³-hybridized carbons (Fsp3) is 0.348. The number of carbonyl (C=O) groups is 2. The van der Waals surface area contributed by atoms with Gasteiger partial charge in [0.15, 0.2) is 0 Å². The molecule has 3 aliphatic heterocycles. The number of allylic oxidation sites excluding steroid dienone is 1. The molecule has 8 heteroatoms. The Morgan fingerprint density at radius 1 is 1.10 bits per heavy atom. The summed E-state index contributed by atoms with van der Waals surface area (Å²) in [6.45, 7) is 5.06. The van der Waals surface area contributed by atoms with Crippen LogP contribution >= 0.6 is 11.3 Å². The number of dihydropyridines is 1. The average Bonchev–Trinajstić information content (AvgIpc) is 3.30. The van der Waals surface area contributed by atoms with Crippen molar-refractivity contribution in [2.24, 2.45) is 4.99 Å². The summed E-state index contributed by atoms with van der Waals surface area (Å²) in [5, 5.41) is 7.23. The Morgan fingerprint density at radius 2 is 1.90 bits per heavy atom. The van der Waals surface area contributed by atoms with Crippen LogP contribution in [0.1, 0.15) is 27.2 Å². The van der Waals surface area contributed by atoms with E-state index >= 15 is 0 Å². The van der Waals surface area contributed by atoms with Gasteiger partial charge in [0.1, 0.15) is 0 Å². The number of aliphatic imine (C=N–C) groups is 1. The third kappa shape index (κ3) is 4.13. The van der Waals surface area contributed by atoms with Crippen LogP contribution in [0, 0.1) is 0 Å². The zero-order valence-corrected chi connectivity index (χ0v) is 18.1. The molecular formula is C23H25N5O2S. The van der Waals surface area contributed by atoms with Gasteiger partial charge in [-0.1, -0.05) is 24.3 Å². The summed E-state index contributed by atoms with van der Waals surface area (Å²) in [5.41, 5.74) is 4.19. The Hall–Kier alpha value is -2.97. The van der Waals surface area contributed by atoms with E-state index in [0.29, 0.717) is 17.8 Å². The highest BCUT2D eigenvalue weighted by Gasteiger charge is 2.26. The molecule has 0 aliphatic carbocycles. The number of rotatable bonds is 4. The molecular weight excluding hydrogens is 410 g/mol. The molecule has 3 aliphatic rings. The molecule has 0 atom stereocenters. The minimum atomic E-state index is -0.155. The first-order valence-electron chi connectivity index (χ1n) is 10.7. The number of thiophene rings is 1. The summed E-state index contributed by atoms with van der Waals surface area (Å²) in [6.07, 6.45) is 3.01. The van der Waals surface area contributed by atoms with Gasteiger partial charge in [-0.25, -0.2) is 0 Å². The van der Waals surface area contributed by atoms with Crippen molar-refractivity contribution in [2.75, 3.05) is 37.6 Å². The quantitative estimate of drug-likeness (QED) is 0.772. The van der Waals surface area contributed by atoms with E-state index in [2.05, 4.69) is 26.6 Å². The lowest BCUT2D eigenvalue weighted by Gasteiger charge is -2.33. The summed E-state index contributed by atoms with van der Waals surface area (Å²) in [7, 11) is 0. The first-order chi connectivity index (χ1) is 15.2. The lowest BCUT2D eigenvalue weighted by atomic mass is 10.00. The Bertz CT molecular complexity index is 1070. The highest BCUT2D eigenvalue weighted by Crippen LogP contribution is 2.31. The molecule has 2 aromatic rings. The number of nitrogens with zero attached hydrogens (tertiary/aromatic N) is 3. The van der Waals surface area contributed by atoms with E-state index in [4.69, 9.17) is 0 Å². The van der Waals surface area contributed by atoms with Crippen molar-refractivity contribution < 1.29 is 9.59 Å². The van der Waals surface area contributed by atoms with Crippen LogP contribution in [0.3, 0.4) is 0 Å². The molecule has 31 heavy (non-hydrogen) atoms. The normalized spacial score (nSPS) is 18.9. The van der Waals surface area contributed by atoms with Crippen molar-refractivity contribution in [1.29, 1.82) is 0 Å². The summed E-state index contributed by atoms with van der Waals surface area (Å²) in [5.74, 6) is -0.0901. The predicted octanol–water partition coefficient (Wildman–Crippen LogP) is 2.16. The van der Waals surface area contributed by atoms with Crippen LogP contribution in [-0.2, 0) is 17.8 Å².